The van der Waals surface area contributed by atoms with Gasteiger partial charge in [-0.3, -0.25) is 4.90 Å². The Balaban J connectivity index is 1.51. The van der Waals surface area contributed by atoms with Crippen LogP contribution in [0.15, 0.2) is 36.7 Å². The van der Waals surface area contributed by atoms with E-state index >= 15 is 0 Å². The van der Waals surface area contributed by atoms with Gasteiger partial charge in [-0.2, -0.15) is 13.2 Å². The molecule has 3 rings (SSSR count). The van der Waals surface area contributed by atoms with Crippen molar-refractivity contribution in [1.82, 2.24) is 14.9 Å². The fourth-order valence-corrected chi connectivity index (χ4v) is 2.93. The molecule has 1 fully saturated rings. The van der Waals surface area contributed by atoms with E-state index in [1.807, 2.05) is 0 Å². The number of hydrogen-bond acceptors (Lipinski definition) is 5. The minimum atomic E-state index is -4.30. The van der Waals surface area contributed by atoms with Crippen LogP contribution >= 0.6 is 0 Å². The summed E-state index contributed by atoms with van der Waals surface area (Å²) < 4.78 is 48.8. The number of piperidine rings is 1. The summed E-state index contributed by atoms with van der Waals surface area (Å²) in [6, 6.07) is 5.34. The van der Waals surface area contributed by atoms with Crippen LogP contribution in [0.1, 0.15) is 24.0 Å². The molecule has 1 aromatic heterocycles. The van der Waals surface area contributed by atoms with Crippen LogP contribution in [0.25, 0.3) is 0 Å². The normalized spacial score (nSPS) is 16.5. The third kappa shape index (κ3) is 4.63. The maximum atomic E-state index is 12.6. The number of hydrogen-bond donors (Lipinski definition) is 0. The van der Waals surface area contributed by atoms with Gasteiger partial charge in [0, 0.05) is 32.0 Å². The summed E-state index contributed by atoms with van der Waals surface area (Å²) in [5.41, 5.74) is 0.249. The number of methoxy groups -OCH3 is 1. The van der Waals surface area contributed by atoms with E-state index in [1.54, 1.807) is 12.4 Å². The smallest absolute Gasteiger partial charge is 0.416 e. The molecule has 140 valence electrons. The van der Waals surface area contributed by atoms with Crippen molar-refractivity contribution >= 4 is 0 Å². The van der Waals surface area contributed by atoms with Gasteiger partial charge in [-0.25, -0.2) is 9.97 Å². The molecule has 0 spiro atoms. The number of alkyl halides is 3. The molecular weight excluding hydrogens is 347 g/mol. The molecule has 5 nitrogen and oxygen atoms in total. The van der Waals surface area contributed by atoms with Gasteiger partial charge in [0.05, 0.1) is 12.7 Å². The van der Waals surface area contributed by atoms with Gasteiger partial charge in [-0.1, -0.05) is 12.1 Å². The maximum Gasteiger partial charge on any atom is 0.416 e. The van der Waals surface area contributed by atoms with Crippen molar-refractivity contribution in [3.8, 4) is 11.8 Å². The summed E-state index contributed by atoms with van der Waals surface area (Å²) in [4.78, 5) is 10.4. The Bertz CT molecular complexity index is 714. The van der Waals surface area contributed by atoms with Crippen LogP contribution < -0.4 is 9.47 Å². The van der Waals surface area contributed by atoms with Crippen LogP contribution in [-0.2, 0) is 12.7 Å². The average molecular weight is 367 g/mol. The van der Waals surface area contributed by atoms with E-state index in [-0.39, 0.29) is 6.10 Å². The third-order valence-electron chi connectivity index (χ3n) is 4.33. The van der Waals surface area contributed by atoms with Gasteiger partial charge < -0.3 is 9.47 Å². The topological polar surface area (TPSA) is 47.5 Å². The first kappa shape index (κ1) is 18.4. The van der Waals surface area contributed by atoms with Crippen molar-refractivity contribution in [2.45, 2.75) is 31.7 Å². The molecule has 26 heavy (non-hydrogen) atoms. The number of halogens is 3. The highest BCUT2D eigenvalue weighted by Crippen LogP contribution is 2.29. The van der Waals surface area contributed by atoms with E-state index < -0.39 is 11.7 Å². The molecular formula is C18H20F3N3O2. The Hall–Kier alpha value is -2.35. The predicted molar refractivity (Wildman–Crippen MR) is 89.0 cm³/mol. The lowest BCUT2D eigenvalue weighted by Crippen LogP contribution is -2.38. The minimum absolute atomic E-state index is 0.0180. The van der Waals surface area contributed by atoms with Crippen molar-refractivity contribution in [2.24, 2.45) is 0 Å². The summed E-state index contributed by atoms with van der Waals surface area (Å²) in [7, 11) is 1.52. The largest absolute Gasteiger partial charge is 0.477 e. The molecule has 1 aliphatic heterocycles. The number of ether oxygens (including phenoxy) is 2. The summed E-state index contributed by atoms with van der Waals surface area (Å²) in [5, 5.41) is 0. The second-order valence-electron chi connectivity index (χ2n) is 6.16. The number of aromatic nitrogens is 2. The molecule has 0 atom stereocenters. The van der Waals surface area contributed by atoms with Crippen molar-refractivity contribution in [1.29, 1.82) is 0 Å². The fourth-order valence-electron chi connectivity index (χ4n) is 2.93. The van der Waals surface area contributed by atoms with E-state index in [0.717, 1.165) is 43.6 Å². The van der Waals surface area contributed by atoms with E-state index in [9.17, 15) is 13.2 Å². The van der Waals surface area contributed by atoms with Gasteiger partial charge in [0.15, 0.2) is 0 Å². The van der Waals surface area contributed by atoms with Gasteiger partial charge in [-0.05, 0) is 30.5 Å². The van der Waals surface area contributed by atoms with Crippen molar-refractivity contribution < 1.29 is 22.6 Å². The summed E-state index contributed by atoms with van der Waals surface area (Å²) in [5.74, 6) is 0.746. The van der Waals surface area contributed by atoms with Crippen LogP contribution in [0.3, 0.4) is 0 Å². The van der Waals surface area contributed by atoms with E-state index in [1.165, 1.54) is 19.2 Å². The van der Waals surface area contributed by atoms with E-state index in [4.69, 9.17) is 9.47 Å². The highest BCUT2D eigenvalue weighted by molar-refractivity contribution is 5.25. The van der Waals surface area contributed by atoms with Gasteiger partial charge in [0.2, 0.25) is 0 Å². The average Bonchev–Trinajstić information content (AvgIpc) is 2.63. The Labute approximate surface area is 149 Å². The predicted octanol–water partition coefficient (Wildman–Crippen LogP) is 3.55. The van der Waals surface area contributed by atoms with Crippen LogP contribution in [0.2, 0.25) is 0 Å². The molecule has 0 bridgehead atoms. The number of likely N-dealkylation sites (tertiary alicyclic amines) is 1. The van der Waals surface area contributed by atoms with E-state index in [2.05, 4.69) is 14.9 Å². The lowest BCUT2D eigenvalue weighted by atomic mass is 10.1. The first-order chi connectivity index (χ1) is 12.5. The van der Waals surface area contributed by atoms with Crippen molar-refractivity contribution in [2.75, 3.05) is 20.2 Å². The van der Waals surface area contributed by atoms with Gasteiger partial charge in [-0.15, -0.1) is 0 Å². The second kappa shape index (κ2) is 7.90. The molecule has 1 aliphatic rings. The Kier molecular flexibility index (Phi) is 5.61. The summed E-state index contributed by atoms with van der Waals surface area (Å²) in [6.45, 7) is 2.22. The van der Waals surface area contributed by atoms with Gasteiger partial charge in [0.25, 0.3) is 11.8 Å². The molecule has 8 heteroatoms. The maximum absolute atomic E-state index is 12.6. The van der Waals surface area contributed by atoms with Crippen LogP contribution in [0, 0.1) is 0 Å². The molecule has 1 saturated heterocycles. The van der Waals surface area contributed by atoms with Crippen LogP contribution in [0.4, 0.5) is 13.2 Å². The standard InChI is InChI=1S/C18H20F3N3O2/c1-25-16-17(23-9-8-22-16)26-15-6-10-24(11-7-15)12-13-2-4-14(5-3-13)18(19,20)21/h2-5,8-9,15H,6-7,10-12H2,1H3. The monoisotopic (exact) mass is 367 g/mol. The van der Waals surface area contributed by atoms with E-state index in [0.29, 0.717) is 18.3 Å². The molecule has 1 aromatic carbocycles. The molecule has 0 aliphatic carbocycles. The summed E-state index contributed by atoms with van der Waals surface area (Å²) in [6.07, 6.45) is 0.427. The highest BCUT2D eigenvalue weighted by Gasteiger charge is 2.30. The Morgan fingerprint density at radius 2 is 1.65 bits per heavy atom. The van der Waals surface area contributed by atoms with Crippen molar-refractivity contribution in [3.05, 3.63) is 47.8 Å². The zero-order chi connectivity index (χ0) is 18.6. The molecule has 0 amide bonds. The summed E-state index contributed by atoms with van der Waals surface area (Å²) >= 11 is 0. The number of nitrogens with zero attached hydrogens (tertiary/aromatic N) is 3. The molecule has 0 saturated carbocycles. The lowest BCUT2D eigenvalue weighted by molar-refractivity contribution is -0.137. The Morgan fingerprint density at radius 1 is 1.04 bits per heavy atom. The molecule has 2 heterocycles. The number of rotatable bonds is 5. The third-order valence-corrected chi connectivity index (χ3v) is 4.33. The highest BCUT2D eigenvalue weighted by atomic mass is 19.4. The second-order valence-corrected chi connectivity index (χ2v) is 6.16. The minimum Gasteiger partial charge on any atom is -0.477 e. The van der Waals surface area contributed by atoms with Crippen molar-refractivity contribution in [3.63, 3.8) is 0 Å². The fraction of sp³-hybridized carbons (Fsp3) is 0.444. The molecule has 0 N–H and O–H groups in total. The molecule has 0 radical (unpaired) electrons. The molecule has 0 unspecified atom stereocenters. The molecule has 2 aromatic rings. The first-order valence-corrected chi connectivity index (χ1v) is 8.36. The SMILES string of the molecule is COc1nccnc1OC1CCN(Cc2ccc(C(F)(F)F)cc2)CC1. The Morgan fingerprint density at radius 3 is 2.23 bits per heavy atom. The zero-order valence-corrected chi connectivity index (χ0v) is 14.4. The van der Waals surface area contributed by atoms with Crippen LogP contribution in [0.5, 0.6) is 11.8 Å². The van der Waals surface area contributed by atoms with Gasteiger partial charge >= 0.3 is 6.18 Å². The van der Waals surface area contributed by atoms with Gasteiger partial charge in [0.1, 0.15) is 6.10 Å². The van der Waals surface area contributed by atoms with Crippen LogP contribution in [-0.4, -0.2) is 41.2 Å². The number of benzene rings is 1. The first-order valence-electron chi connectivity index (χ1n) is 8.36. The lowest BCUT2D eigenvalue weighted by Gasteiger charge is -2.32. The quantitative estimate of drug-likeness (QED) is 0.809. The zero-order valence-electron chi connectivity index (χ0n) is 14.4.